The number of rotatable bonds is 2. The number of aryl methyl sites for hydroxylation is 1. The van der Waals surface area contributed by atoms with Crippen molar-refractivity contribution in [3.05, 3.63) is 24.3 Å². The van der Waals surface area contributed by atoms with E-state index in [2.05, 4.69) is 9.55 Å². The quantitative estimate of drug-likeness (QED) is 0.781. The number of amides is 1. The lowest BCUT2D eigenvalue weighted by Gasteiger charge is -2.27. The van der Waals surface area contributed by atoms with Crippen molar-refractivity contribution in [2.24, 2.45) is 0 Å². The van der Waals surface area contributed by atoms with Gasteiger partial charge in [0, 0.05) is 25.4 Å². The molecule has 1 aromatic carbocycles. The molecule has 94 valence electrons. The molecule has 0 saturated heterocycles. The summed E-state index contributed by atoms with van der Waals surface area (Å²) in [4.78, 5) is 18.3. The molecule has 0 spiro atoms. The molecule has 0 N–H and O–H groups in total. The molecule has 5 heteroatoms. The van der Waals surface area contributed by atoms with Gasteiger partial charge in [0.05, 0.1) is 11.0 Å². The van der Waals surface area contributed by atoms with Crippen LogP contribution in [0.3, 0.4) is 0 Å². The lowest BCUT2D eigenvalue weighted by atomic mass is 10.3. The van der Waals surface area contributed by atoms with Gasteiger partial charge in [-0.2, -0.15) is 0 Å². The first-order valence-corrected chi connectivity index (χ1v) is 6.66. The zero-order valence-electron chi connectivity index (χ0n) is 9.97. The maximum Gasteiger partial charge on any atom is 0.230 e. The minimum absolute atomic E-state index is 0.0567. The summed E-state index contributed by atoms with van der Waals surface area (Å²) in [6.07, 6.45) is 1.33. The highest BCUT2D eigenvalue weighted by Gasteiger charge is 2.25. The fourth-order valence-electron chi connectivity index (χ4n) is 2.43. The Morgan fingerprint density at radius 1 is 1.33 bits per heavy atom. The fraction of sp³-hybridized carbons (Fsp3) is 0.385. The third-order valence-electron chi connectivity index (χ3n) is 3.25. The van der Waals surface area contributed by atoms with Gasteiger partial charge in [-0.05, 0) is 18.6 Å². The molecule has 0 unspecified atom stereocenters. The van der Waals surface area contributed by atoms with Crippen LogP contribution in [0.5, 0.6) is 0 Å². The molecule has 1 aliphatic rings. The first-order valence-electron chi connectivity index (χ1n) is 6.13. The first-order chi connectivity index (χ1) is 8.81. The number of hydrogen-bond donors (Lipinski definition) is 0. The number of carbonyl (C=O) groups is 1. The highest BCUT2D eigenvalue weighted by atomic mass is 35.5. The van der Waals surface area contributed by atoms with Crippen LogP contribution in [0.1, 0.15) is 12.8 Å². The standard InChI is InChI=1S/C13H14ClN3O/c14-7-6-12(18)17-9-3-8-16-11-5-2-1-4-10(11)15-13(16)17/h1-2,4-5H,3,6-9H2. The van der Waals surface area contributed by atoms with E-state index in [0.717, 1.165) is 36.5 Å². The molecule has 2 heterocycles. The number of imidazole rings is 1. The third-order valence-corrected chi connectivity index (χ3v) is 3.44. The molecule has 1 aliphatic heterocycles. The molecule has 0 aliphatic carbocycles. The van der Waals surface area contributed by atoms with Crippen molar-refractivity contribution in [3.8, 4) is 0 Å². The monoisotopic (exact) mass is 263 g/mol. The van der Waals surface area contributed by atoms with E-state index in [4.69, 9.17) is 11.6 Å². The number of nitrogens with zero attached hydrogens (tertiary/aromatic N) is 3. The summed E-state index contributed by atoms with van der Waals surface area (Å²) in [7, 11) is 0. The summed E-state index contributed by atoms with van der Waals surface area (Å²) in [6.45, 7) is 1.65. The molecule has 2 aromatic rings. The number of benzene rings is 1. The SMILES string of the molecule is O=C(CCCl)N1CCCn2c1nc1ccccc12. The van der Waals surface area contributed by atoms with Gasteiger partial charge < -0.3 is 4.57 Å². The maximum absolute atomic E-state index is 12.0. The molecule has 0 saturated carbocycles. The van der Waals surface area contributed by atoms with Gasteiger partial charge in [-0.1, -0.05) is 12.1 Å². The molecular formula is C13H14ClN3O. The Labute approximate surface area is 110 Å². The van der Waals surface area contributed by atoms with Gasteiger partial charge in [0.25, 0.3) is 0 Å². The average Bonchev–Trinajstić information content (AvgIpc) is 2.77. The first kappa shape index (κ1) is 11.5. The molecule has 4 nitrogen and oxygen atoms in total. The van der Waals surface area contributed by atoms with Crippen molar-refractivity contribution < 1.29 is 4.79 Å². The number of fused-ring (bicyclic) bond motifs is 3. The minimum Gasteiger partial charge on any atom is -0.310 e. The number of para-hydroxylation sites is 2. The Balaban J connectivity index is 2.08. The van der Waals surface area contributed by atoms with E-state index < -0.39 is 0 Å². The summed E-state index contributed by atoms with van der Waals surface area (Å²) in [5, 5.41) is 0. The molecule has 0 fully saturated rings. The number of anilines is 1. The van der Waals surface area contributed by atoms with Crippen LogP contribution in [-0.2, 0) is 11.3 Å². The second kappa shape index (κ2) is 4.61. The molecule has 1 amide bonds. The molecule has 0 atom stereocenters. The number of hydrogen-bond acceptors (Lipinski definition) is 2. The van der Waals surface area contributed by atoms with Crippen molar-refractivity contribution in [1.29, 1.82) is 0 Å². The Hall–Kier alpha value is -1.55. The van der Waals surface area contributed by atoms with E-state index in [1.54, 1.807) is 4.90 Å². The third kappa shape index (κ3) is 1.77. The predicted molar refractivity (Wildman–Crippen MR) is 72.0 cm³/mol. The fourth-order valence-corrected chi connectivity index (χ4v) is 2.59. The topological polar surface area (TPSA) is 38.1 Å². The van der Waals surface area contributed by atoms with Crippen LogP contribution >= 0.6 is 11.6 Å². The van der Waals surface area contributed by atoms with Gasteiger partial charge >= 0.3 is 0 Å². The number of alkyl halides is 1. The summed E-state index contributed by atoms with van der Waals surface area (Å²) < 4.78 is 2.12. The van der Waals surface area contributed by atoms with Crippen molar-refractivity contribution in [2.45, 2.75) is 19.4 Å². The lowest BCUT2D eigenvalue weighted by Crippen LogP contribution is -2.37. The molecule has 18 heavy (non-hydrogen) atoms. The Kier molecular flexibility index (Phi) is 2.96. The van der Waals surface area contributed by atoms with Gasteiger partial charge in [-0.15, -0.1) is 11.6 Å². The van der Waals surface area contributed by atoms with E-state index in [1.165, 1.54) is 0 Å². The van der Waals surface area contributed by atoms with E-state index >= 15 is 0 Å². The van der Waals surface area contributed by atoms with Gasteiger partial charge in [0.2, 0.25) is 11.9 Å². The number of aromatic nitrogens is 2. The predicted octanol–water partition coefficient (Wildman–Crippen LogP) is 2.40. The molecule has 3 rings (SSSR count). The minimum atomic E-state index is 0.0567. The van der Waals surface area contributed by atoms with Gasteiger partial charge in [0.15, 0.2) is 0 Å². The van der Waals surface area contributed by atoms with Crippen molar-refractivity contribution >= 4 is 34.5 Å². The van der Waals surface area contributed by atoms with Gasteiger partial charge in [0.1, 0.15) is 0 Å². The normalized spacial score (nSPS) is 14.8. The van der Waals surface area contributed by atoms with Crippen LogP contribution in [0.2, 0.25) is 0 Å². The van der Waals surface area contributed by atoms with E-state index in [0.29, 0.717) is 12.3 Å². The van der Waals surface area contributed by atoms with Crippen LogP contribution in [0.15, 0.2) is 24.3 Å². The zero-order chi connectivity index (χ0) is 12.5. The number of halogens is 1. The zero-order valence-corrected chi connectivity index (χ0v) is 10.7. The van der Waals surface area contributed by atoms with E-state index in [9.17, 15) is 4.79 Å². The van der Waals surface area contributed by atoms with Crippen molar-refractivity contribution in [3.63, 3.8) is 0 Å². The van der Waals surface area contributed by atoms with Crippen LogP contribution in [0.4, 0.5) is 5.95 Å². The molecule has 0 radical (unpaired) electrons. The van der Waals surface area contributed by atoms with Crippen molar-refractivity contribution in [1.82, 2.24) is 9.55 Å². The second-order valence-electron chi connectivity index (χ2n) is 4.39. The second-order valence-corrected chi connectivity index (χ2v) is 4.77. The lowest BCUT2D eigenvalue weighted by molar-refractivity contribution is -0.118. The molecular weight excluding hydrogens is 250 g/mol. The summed E-state index contributed by atoms with van der Waals surface area (Å²) in [5.74, 6) is 1.18. The summed E-state index contributed by atoms with van der Waals surface area (Å²) in [6, 6.07) is 7.98. The van der Waals surface area contributed by atoms with Gasteiger partial charge in [-0.25, -0.2) is 4.98 Å². The van der Waals surface area contributed by atoms with Crippen LogP contribution < -0.4 is 4.90 Å². The molecule has 1 aromatic heterocycles. The Morgan fingerprint density at radius 3 is 3.00 bits per heavy atom. The highest BCUT2D eigenvalue weighted by molar-refractivity contribution is 6.19. The van der Waals surface area contributed by atoms with Crippen LogP contribution in [0.25, 0.3) is 11.0 Å². The Morgan fingerprint density at radius 2 is 2.17 bits per heavy atom. The largest absolute Gasteiger partial charge is 0.310 e. The Bertz CT molecular complexity index is 593. The van der Waals surface area contributed by atoms with Crippen LogP contribution in [-0.4, -0.2) is 27.9 Å². The summed E-state index contributed by atoms with van der Waals surface area (Å²) >= 11 is 5.65. The van der Waals surface area contributed by atoms with Crippen LogP contribution in [0, 0.1) is 0 Å². The smallest absolute Gasteiger partial charge is 0.230 e. The van der Waals surface area contributed by atoms with Gasteiger partial charge in [-0.3, -0.25) is 9.69 Å². The maximum atomic E-state index is 12.0. The average molecular weight is 264 g/mol. The summed E-state index contributed by atoms with van der Waals surface area (Å²) in [5.41, 5.74) is 2.04. The number of carbonyl (C=O) groups excluding carboxylic acids is 1. The highest BCUT2D eigenvalue weighted by Crippen LogP contribution is 2.26. The van der Waals surface area contributed by atoms with Crippen molar-refractivity contribution in [2.75, 3.05) is 17.3 Å². The van der Waals surface area contributed by atoms with E-state index in [1.807, 2.05) is 24.3 Å². The van der Waals surface area contributed by atoms with E-state index in [-0.39, 0.29) is 5.91 Å². The molecule has 0 bridgehead atoms.